The summed E-state index contributed by atoms with van der Waals surface area (Å²) in [5.41, 5.74) is 5.21. The molecule has 1 amide bonds. The lowest BCUT2D eigenvalue weighted by molar-refractivity contribution is -0.112. The average Bonchev–Trinajstić information content (AvgIpc) is 3.61. The Bertz CT molecular complexity index is 2180. The van der Waals surface area contributed by atoms with Crippen molar-refractivity contribution in [2.45, 2.75) is 25.5 Å². The van der Waals surface area contributed by atoms with E-state index < -0.39 is 29.0 Å². The molecule has 1 fully saturated rings. The molecule has 50 heavy (non-hydrogen) atoms. The fraction of sp³-hybridized carbons (Fsp3) is 0.324. The van der Waals surface area contributed by atoms with Crippen LogP contribution in [0.2, 0.25) is 0 Å². The Balaban J connectivity index is 1.24. The summed E-state index contributed by atoms with van der Waals surface area (Å²) in [6, 6.07) is 9.44. The van der Waals surface area contributed by atoms with E-state index >= 15 is 8.78 Å². The van der Waals surface area contributed by atoms with Gasteiger partial charge in [0.2, 0.25) is 11.7 Å². The van der Waals surface area contributed by atoms with Crippen LogP contribution < -0.4 is 20.3 Å². The fourth-order valence-electron chi connectivity index (χ4n) is 6.81. The van der Waals surface area contributed by atoms with E-state index in [1.54, 1.807) is 37.0 Å². The first-order chi connectivity index (χ1) is 24.0. The van der Waals surface area contributed by atoms with Crippen LogP contribution in [0.15, 0.2) is 54.7 Å². The quantitative estimate of drug-likeness (QED) is 0.156. The second kappa shape index (κ2) is 13.0. The highest BCUT2D eigenvalue weighted by molar-refractivity contribution is 6.11. The highest BCUT2D eigenvalue weighted by Crippen LogP contribution is 2.47. The van der Waals surface area contributed by atoms with Crippen molar-refractivity contribution in [1.29, 1.82) is 0 Å². The Morgan fingerprint density at radius 3 is 2.56 bits per heavy atom. The number of ketones is 1. The van der Waals surface area contributed by atoms with Crippen LogP contribution in [0.3, 0.4) is 0 Å². The zero-order valence-corrected chi connectivity index (χ0v) is 28.5. The Morgan fingerprint density at radius 1 is 1.12 bits per heavy atom. The number of likely N-dealkylation sites (N-methyl/N-ethyl adjacent to an activating group) is 1. The number of aryl methyl sites for hydroxylation is 1. The van der Waals surface area contributed by atoms with Gasteiger partial charge in [0.25, 0.3) is 0 Å². The molecule has 2 aliphatic rings. The summed E-state index contributed by atoms with van der Waals surface area (Å²) in [5, 5.41) is 5.49. The number of hydrogen-bond acceptors (Lipinski definition) is 8. The SMILES string of the molecule is COCc1nc2c3c(c(OC)cc2n1C)-c1cccn2c(C(=O)c4cc(F)c(NC(=O)/C=C/CNC5(C)COC5)c(F)c4)cc(c12)CCN3C. The fourth-order valence-corrected chi connectivity index (χ4v) is 6.81. The molecule has 11 nitrogen and oxygen atoms in total. The molecule has 1 saturated heterocycles. The molecule has 13 heteroatoms. The maximum atomic E-state index is 15.3. The first kappa shape index (κ1) is 33.4. The van der Waals surface area contributed by atoms with E-state index in [2.05, 4.69) is 15.5 Å². The third-order valence-electron chi connectivity index (χ3n) is 9.48. The first-order valence-electron chi connectivity index (χ1n) is 16.3. The number of rotatable bonds is 10. The number of nitrogens with one attached hydrogen (secondary N) is 2. The number of amides is 1. The van der Waals surface area contributed by atoms with Crippen LogP contribution >= 0.6 is 0 Å². The van der Waals surface area contributed by atoms with Crippen LogP contribution in [0.4, 0.5) is 20.2 Å². The highest BCUT2D eigenvalue weighted by atomic mass is 19.1. The van der Waals surface area contributed by atoms with Crippen LogP contribution in [0.1, 0.15) is 34.4 Å². The first-order valence-corrected chi connectivity index (χ1v) is 16.3. The van der Waals surface area contributed by atoms with Crippen molar-refractivity contribution in [2.24, 2.45) is 7.05 Å². The Morgan fingerprint density at radius 2 is 1.88 bits per heavy atom. The van der Waals surface area contributed by atoms with Crippen LogP contribution in [-0.2, 0) is 34.3 Å². The summed E-state index contributed by atoms with van der Waals surface area (Å²) >= 11 is 0. The van der Waals surface area contributed by atoms with E-state index in [0.29, 0.717) is 45.1 Å². The van der Waals surface area contributed by atoms with Gasteiger partial charge in [-0.1, -0.05) is 12.1 Å². The molecule has 0 atom stereocenters. The molecule has 2 N–H and O–H groups in total. The number of ether oxygens (including phenoxy) is 3. The van der Waals surface area contributed by atoms with Crippen LogP contribution in [0.5, 0.6) is 5.75 Å². The van der Waals surface area contributed by atoms with Gasteiger partial charge in [-0.05, 0) is 43.2 Å². The van der Waals surface area contributed by atoms with Gasteiger partial charge in [0.15, 0.2) is 0 Å². The summed E-state index contributed by atoms with van der Waals surface area (Å²) in [4.78, 5) is 33.5. The molecule has 0 aliphatic carbocycles. The van der Waals surface area contributed by atoms with Crippen molar-refractivity contribution in [2.75, 3.05) is 57.8 Å². The number of methoxy groups -OCH3 is 2. The van der Waals surface area contributed by atoms with Crippen molar-refractivity contribution in [3.63, 3.8) is 0 Å². The molecule has 5 aromatic rings. The maximum Gasteiger partial charge on any atom is 0.248 e. The van der Waals surface area contributed by atoms with Crippen molar-refractivity contribution >= 4 is 39.6 Å². The average molecular weight is 685 g/mol. The van der Waals surface area contributed by atoms with Crippen molar-refractivity contribution in [1.82, 2.24) is 19.3 Å². The number of nitrogens with zero attached hydrogens (tertiary/aromatic N) is 4. The molecule has 2 aromatic carbocycles. The smallest absolute Gasteiger partial charge is 0.248 e. The molecule has 0 saturated carbocycles. The molecule has 0 radical (unpaired) electrons. The third kappa shape index (κ3) is 5.70. The van der Waals surface area contributed by atoms with Gasteiger partial charge < -0.3 is 38.7 Å². The standard InChI is InChI=1S/C37H38F2N6O5/c1-37(19-50-20-37)40-11-6-9-30(46)42-32-24(38)14-22(15-25(32)39)36(47)27-16-21-10-13-43(2)35-31(23-8-7-12-45(27)34(21)23)28(49-5)17-26-33(35)41-29(18-48-4)44(26)3/h6-9,12,14-17,40H,10-11,13,18-20H2,1-5H3,(H,42,46)/b9-6+. The monoisotopic (exact) mass is 684 g/mol. The summed E-state index contributed by atoms with van der Waals surface area (Å²) in [6.45, 7) is 4.47. The van der Waals surface area contributed by atoms with Crippen molar-refractivity contribution in [3.8, 4) is 16.9 Å². The zero-order chi connectivity index (χ0) is 35.3. The number of fused-ring (bicyclic) bond motifs is 4. The molecule has 2 aliphatic heterocycles. The van der Waals surface area contributed by atoms with Crippen LogP contribution in [0.25, 0.3) is 27.7 Å². The number of anilines is 2. The number of aromatic nitrogens is 3. The predicted molar refractivity (Wildman–Crippen MR) is 186 cm³/mol. The summed E-state index contributed by atoms with van der Waals surface area (Å²) in [6.07, 6.45) is 5.12. The van der Waals surface area contributed by atoms with Gasteiger partial charge >= 0.3 is 0 Å². The van der Waals surface area contributed by atoms with Crippen molar-refractivity contribution in [3.05, 3.63) is 89.0 Å². The molecule has 0 bridgehead atoms. The lowest BCUT2D eigenvalue weighted by Crippen LogP contribution is -2.58. The van der Waals surface area contributed by atoms with E-state index in [-0.39, 0.29) is 16.8 Å². The van der Waals surface area contributed by atoms with Crippen LogP contribution in [0, 0.1) is 11.6 Å². The lowest BCUT2D eigenvalue weighted by Gasteiger charge is -2.38. The van der Waals surface area contributed by atoms with E-state index in [4.69, 9.17) is 19.2 Å². The van der Waals surface area contributed by atoms with Crippen LogP contribution in [-0.4, -0.2) is 78.8 Å². The number of benzene rings is 2. The number of hydrogen-bond donors (Lipinski definition) is 2. The van der Waals surface area contributed by atoms with Gasteiger partial charge in [0.1, 0.15) is 41.0 Å². The van der Waals surface area contributed by atoms with Gasteiger partial charge in [-0.15, -0.1) is 0 Å². The number of carbonyl (C=O) groups excluding carboxylic acids is 2. The van der Waals surface area contributed by atoms with Crippen molar-refractivity contribution < 1.29 is 32.6 Å². The number of pyridine rings is 1. The van der Waals surface area contributed by atoms with E-state index in [0.717, 1.165) is 56.9 Å². The van der Waals surface area contributed by atoms with Gasteiger partial charge in [0, 0.05) is 63.8 Å². The van der Waals surface area contributed by atoms with Gasteiger partial charge in [0.05, 0.1) is 53.8 Å². The minimum atomic E-state index is -1.06. The summed E-state index contributed by atoms with van der Waals surface area (Å²) in [7, 11) is 7.19. The molecule has 0 unspecified atom stereocenters. The molecular weight excluding hydrogens is 646 g/mol. The second-order valence-electron chi connectivity index (χ2n) is 13.0. The molecule has 260 valence electrons. The van der Waals surface area contributed by atoms with E-state index in [9.17, 15) is 9.59 Å². The number of halogens is 2. The third-order valence-corrected chi connectivity index (χ3v) is 9.48. The predicted octanol–water partition coefficient (Wildman–Crippen LogP) is 5.02. The molecule has 0 spiro atoms. The minimum absolute atomic E-state index is 0.153. The summed E-state index contributed by atoms with van der Waals surface area (Å²) < 4.78 is 50.9. The largest absolute Gasteiger partial charge is 0.496 e. The van der Waals surface area contributed by atoms with Gasteiger partial charge in [-0.2, -0.15) is 0 Å². The van der Waals surface area contributed by atoms with Gasteiger partial charge in [-0.3, -0.25) is 9.59 Å². The Hall–Kier alpha value is -5.11. The number of carbonyl (C=O) groups is 2. The molecule has 3 aromatic heterocycles. The molecule has 7 rings (SSSR count). The Kier molecular flexibility index (Phi) is 8.66. The van der Waals surface area contributed by atoms with E-state index in [1.807, 2.05) is 43.8 Å². The topological polar surface area (TPSA) is 111 Å². The lowest BCUT2D eigenvalue weighted by atomic mass is 9.96. The normalized spacial score (nSPS) is 15.2. The van der Waals surface area contributed by atoms with E-state index in [1.165, 1.54) is 6.08 Å². The van der Waals surface area contributed by atoms with Gasteiger partial charge in [-0.25, -0.2) is 13.8 Å². The highest BCUT2D eigenvalue weighted by Gasteiger charge is 2.32. The minimum Gasteiger partial charge on any atom is -0.496 e. The second-order valence-corrected chi connectivity index (χ2v) is 13.0. The summed E-state index contributed by atoms with van der Waals surface area (Å²) in [5.74, 6) is -1.97. The zero-order valence-electron chi connectivity index (χ0n) is 28.5. The molecular formula is C37H38F2N6O5. The number of imidazole rings is 1. The molecule has 5 heterocycles. The maximum absolute atomic E-state index is 15.3. The Labute approximate surface area is 287 Å².